The number of piperidine rings is 1. The first-order valence-electron chi connectivity index (χ1n) is 9.07. The topological polar surface area (TPSA) is 113 Å². The number of carbonyl (C=O) groups is 1. The average Bonchev–Trinajstić information content (AvgIpc) is 3.02. The van der Waals surface area contributed by atoms with Crippen molar-refractivity contribution in [3.05, 3.63) is 28.3 Å². The molecule has 146 valence electrons. The Bertz CT molecular complexity index is 842. The molecule has 0 bridgehead atoms. The van der Waals surface area contributed by atoms with E-state index in [0.717, 1.165) is 25.9 Å². The van der Waals surface area contributed by atoms with E-state index in [0.29, 0.717) is 23.5 Å². The summed E-state index contributed by atoms with van der Waals surface area (Å²) < 4.78 is 5.27. The fourth-order valence-corrected chi connectivity index (χ4v) is 3.21. The summed E-state index contributed by atoms with van der Waals surface area (Å²) in [5.41, 5.74) is 0.869. The molecule has 0 radical (unpaired) electrons. The third-order valence-electron chi connectivity index (χ3n) is 4.42. The number of rotatable bonds is 4. The van der Waals surface area contributed by atoms with E-state index in [1.807, 2.05) is 20.8 Å². The zero-order valence-electron chi connectivity index (χ0n) is 15.8. The molecule has 1 amide bonds. The molecule has 2 N–H and O–H groups in total. The van der Waals surface area contributed by atoms with Gasteiger partial charge in [-0.15, -0.1) is 0 Å². The minimum Gasteiger partial charge on any atom is -0.444 e. The lowest BCUT2D eigenvalue weighted by Crippen LogP contribution is -2.42. The summed E-state index contributed by atoms with van der Waals surface area (Å²) in [7, 11) is 0. The van der Waals surface area contributed by atoms with Crippen LogP contribution in [0.1, 0.15) is 33.6 Å². The summed E-state index contributed by atoms with van der Waals surface area (Å²) in [4.78, 5) is 32.2. The Labute approximate surface area is 157 Å². The smallest absolute Gasteiger partial charge is 0.407 e. The molecule has 1 fully saturated rings. The number of benzene rings is 1. The number of hydrogen-bond donors (Lipinski definition) is 2. The number of ether oxygens (including phenoxy) is 1. The Balaban J connectivity index is 1.63. The zero-order chi connectivity index (χ0) is 19.6. The maximum Gasteiger partial charge on any atom is 0.407 e. The fraction of sp³-hybridized carbons (Fsp3) is 0.556. The molecule has 0 spiro atoms. The van der Waals surface area contributed by atoms with Crippen LogP contribution in [0.2, 0.25) is 0 Å². The highest BCUT2D eigenvalue weighted by atomic mass is 16.6. The first kappa shape index (κ1) is 18.9. The third-order valence-corrected chi connectivity index (χ3v) is 4.42. The number of anilines is 1. The standard InChI is InChI=1S/C18H25N5O4/c1-18(2,3)27-17(24)19-10-12-5-4-8-22(11-12)16-20-14-7-6-13(23(25)26)9-15(14)21-16/h6-7,9,12H,4-5,8,10-11H2,1-3H3,(H,19,24)(H,20,21)/t12-/m1/s1. The van der Waals surface area contributed by atoms with Crippen LogP contribution in [0.5, 0.6) is 0 Å². The summed E-state index contributed by atoms with van der Waals surface area (Å²) in [6, 6.07) is 4.60. The van der Waals surface area contributed by atoms with Gasteiger partial charge in [0.15, 0.2) is 0 Å². The Morgan fingerprint density at radius 1 is 1.48 bits per heavy atom. The van der Waals surface area contributed by atoms with Gasteiger partial charge >= 0.3 is 6.09 Å². The summed E-state index contributed by atoms with van der Waals surface area (Å²) in [5, 5.41) is 13.8. The van der Waals surface area contributed by atoms with E-state index in [-0.39, 0.29) is 11.6 Å². The number of nitro benzene ring substituents is 1. The van der Waals surface area contributed by atoms with Crippen molar-refractivity contribution < 1.29 is 14.5 Å². The van der Waals surface area contributed by atoms with Gasteiger partial charge in [-0.3, -0.25) is 10.1 Å². The van der Waals surface area contributed by atoms with E-state index in [2.05, 4.69) is 20.2 Å². The van der Waals surface area contributed by atoms with Crippen LogP contribution in [-0.4, -0.2) is 46.2 Å². The molecule has 9 nitrogen and oxygen atoms in total. The molecule has 1 aromatic carbocycles. The van der Waals surface area contributed by atoms with Crippen LogP contribution in [0.4, 0.5) is 16.4 Å². The van der Waals surface area contributed by atoms with Crippen molar-refractivity contribution >= 4 is 28.8 Å². The van der Waals surface area contributed by atoms with Crippen LogP contribution in [0.25, 0.3) is 11.0 Å². The van der Waals surface area contributed by atoms with Gasteiger partial charge in [0.2, 0.25) is 5.95 Å². The second kappa shape index (κ2) is 7.42. The number of H-pyrrole nitrogens is 1. The monoisotopic (exact) mass is 375 g/mol. The van der Waals surface area contributed by atoms with Crippen molar-refractivity contribution in [3.63, 3.8) is 0 Å². The molecule has 1 atom stereocenters. The number of hydrogen-bond acceptors (Lipinski definition) is 6. The van der Waals surface area contributed by atoms with Crippen molar-refractivity contribution in [1.29, 1.82) is 0 Å². The molecule has 27 heavy (non-hydrogen) atoms. The number of nitrogens with one attached hydrogen (secondary N) is 2. The minimum absolute atomic E-state index is 0.0378. The van der Waals surface area contributed by atoms with Crippen LogP contribution >= 0.6 is 0 Å². The normalized spacial score (nSPS) is 17.7. The summed E-state index contributed by atoms with van der Waals surface area (Å²) in [6.45, 7) is 7.64. The lowest BCUT2D eigenvalue weighted by Gasteiger charge is -2.32. The van der Waals surface area contributed by atoms with Gasteiger partial charge in [0, 0.05) is 31.8 Å². The molecule has 1 saturated heterocycles. The first-order valence-corrected chi connectivity index (χ1v) is 9.07. The molecule has 0 aliphatic carbocycles. The van der Waals surface area contributed by atoms with Crippen molar-refractivity contribution in [2.75, 3.05) is 24.5 Å². The first-order chi connectivity index (χ1) is 12.7. The molecular weight excluding hydrogens is 350 g/mol. The molecule has 2 aromatic rings. The quantitative estimate of drug-likeness (QED) is 0.626. The molecule has 1 aromatic heterocycles. The number of aromatic nitrogens is 2. The Morgan fingerprint density at radius 2 is 2.26 bits per heavy atom. The van der Waals surface area contributed by atoms with Crippen molar-refractivity contribution in [3.8, 4) is 0 Å². The molecule has 0 saturated carbocycles. The van der Waals surface area contributed by atoms with Crippen LogP contribution in [0.3, 0.4) is 0 Å². The number of nitro groups is 1. The van der Waals surface area contributed by atoms with E-state index in [9.17, 15) is 14.9 Å². The van der Waals surface area contributed by atoms with E-state index < -0.39 is 16.6 Å². The minimum atomic E-state index is -0.514. The number of nitrogens with zero attached hydrogens (tertiary/aromatic N) is 3. The number of amides is 1. The number of carbonyl (C=O) groups excluding carboxylic acids is 1. The highest BCUT2D eigenvalue weighted by Gasteiger charge is 2.24. The van der Waals surface area contributed by atoms with Crippen LogP contribution in [0, 0.1) is 16.0 Å². The molecule has 0 unspecified atom stereocenters. The summed E-state index contributed by atoms with van der Waals surface area (Å²) in [6.07, 6.45) is 1.59. The van der Waals surface area contributed by atoms with Gasteiger partial charge in [0.1, 0.15) is 5.60 Å². The van der Waals surface area contributed by atoms with Gasteiger partial charge in [-0.2, -0.15) is 0 Å². The van der Waals surface area contributed by atoms with E-state index in [1.165, 1.54) is 12.1 Å². The van der Waals surface area contributed by atoms with E-state index in [4.69, 9.17) is 4.74 Å². The summed E-state index contributed by atoms with van der Waals surface area (Å²) in [5.74, 6) is 0.987. The Morgan fingerprint density at radius 3 is 2.96 bits per heavy atom. The van der Waals surface area contributed by atoms with Crippen molar-refractivity contribution in [2.24, 2.45) is 5.92 Å². The maximum absolute atomic E-state index is 11.8. The second-order valence-electron chi connectivity index (χ2n) is 7.86. The van der Waals surface area contributed by atoms with Crippen LogP contribution in [0.15, 0.2) is 18.2 Å². The highest BCUT2D eigenvalue weighted by molar-refractivity contribution is 5.80. The second-order valence-corrected chi connectivity index (χ2v) is 7.86. The van der Waals surface area contributed by atoms with Crippen molar-refractivity contribution in [1.82, 2.24) is 15.3 Å². The van der Waals surface area contributed by atoms with Gasteiger partial charge < -0.3 is 19.9 Å². The van der Waals surface area contributed by atoms with Gasteiger partial charge in [-0.05, 0) is 45.6 Å². The Kier molecular flexibility index (Phi) is 5.20. The molecular formula is C18H25N5O4. The fourth-order valence-electron chi connectivity index (χ4n) is 3.21. The summed E-state index contributed by atoms with van der Waals surface area (Å²) >= 11 is 0. The van der Waals surface area contributed by atoms with Gasteiger partial charge in [0.25, 0.3) is 5.69 Å². The predicted molar refractivity (Wildman–Crippen MR) is 102 cm³/mol. The highest BCUT2D eigenvalue weighted by Crippen LogP contribution is 2.25. The van der Waals surface area contributed by atoms with Gasteiger partial charge in [-0.1, -0.05) is 0 Å². The average molecular weight is 375 g/mol. The number of non-ortho nitro benzene ring substituents is 1. The maximum atomic E-state index is 11.8. The van der Waals surface area contributed by atoms with Gasteiger partial charge in [-0.25, -0.2) is 9.78 Å². The molecule has 3 rings (SSSR count). The number of alkyl carbamates (subject to hydrolysis) is 1. The largest absolute Gasteiger partial charge is 0.444 e. The lowest BCUT2D eigenvalue weighted by atomic mass is 9.98. The molecule has 1 aliphatic rings. The Hall–Kier alpha value is -2.84. The number of imidazole rings is 1. The zero-order valence-corrected chi connectivity index (χ0v) is 15.8. The van der Waals surface area contributed by atoms with E-state index in [1.54, 1.807) is 6.07 Å². The molecule has 1 aliphatic heterocycles. The van der Waals surface area contributed by atoms with E-state index >= 15 is 0 Å². The lowest BCUT2D eigenvalue weighted by molar-refractivity contribution is -0.384. The number of fused-ring (bicyclic) bond motifs is 1. The SMILES string of the molecule is CC(C)(C)OC(=O)NC[C@H]1CCCN(c2nc3ccc([N+](=O)[O-])cc3[nH]2)C1. The number of aromatic amines is 1. The molecule has 9 heteroatoms. The van der Waals surface area contributed by atoms with Crippen molar-refractivity contribution in [2.45, 2.75) is 39.2 Å². The predicted octanol–water partition coefficient (Wildman–Crippen LogP) is 3.21. The van der Waals surface area contributed by atoms with Gasteiger partial charge in [0.05, 0.1) is 16.0 Å². The van der Waals surface area contributed by atoms with Crippen LogP contribution in [-0.2, 0) is 4.74 Å². The molecule has 2 heterocycles. The van der Waals surface area contributed by atoms with Crippen LogP contribution < -0.4 is 10.2 Å². The third kappa shape index (κ3) is 4.87.